The van der Waals surface area contributed by atoms with E-state index >= 15 is 0 Å². The smallest absolute Gasteiger partial charge is 0.249 e. The van der Waals surface area contributed by atoms with Crippen LogP contribution in [-0.4, -0.2) is 30.9 Å². The minimum Gasteiger partial charge on any atom is -0.349 e. The van der Waals surface area contributed by atoms with E-state index in [0.717, 1.165) is 28.8 Å². The van der Waals surface area contributed by atoms with E-state index < -0.39 is 0 Å². The van der Waals surface area contributed by atoms with Gasteiger partial charge in [0.2, 0.25) is 11.8 Å². The lowest BCUT2D eigenvalue weighted by Gasteiger charge is -2.35. The number of nitrogens with one attached hydrogen (secondary N) is 2. The van der Waals surface area contributed by atoms with Gasteiger partial charge in [0, 0.05) is 11.0 Å². The zero-order valence-corrected chi connectivity index (χ0v) is 13.9. The topological polar surface area (TPSA) is 61.4 Å². The molecular weight excluding hydrogens is 334 g/mol. The number of carbonyl (C=O) groups excluding carboxylic acids is 2. The maximum absolute atomic E-state index is 11.9. The Hall–Kier alpha value is -1.40. The molecule has 114 valence electrons. The summed E-state index contributed by atoms with van der Waals surface area (Å²) in [6, 6.07) is 5.71. The van der Waals surface area contributed by atoms with Gasteiger partial charge in [0.05, 0.1) is 12.2 Å². The lowest BCUT2D eigenvalue weighted by atomic mass is 10.1. The maximum atomic E-state index is 11.9. The molecule has 1 heterocycles. The highest BCUT2D eigenvalue weighted by molar-refractivity contribution is 9.10. The van der Waals surface area contributed by atoms with Gasteiger partial charge in [-0.1, -0.05) is 19.9 Å². The fourth-order valence-electron chi connectivity index (χ4n) is 2.49. The molecule has 2 amide bonds. The van der Waals surface area contributed by atoms with Gasteiger partial charge in [-0.2, -0.15) is 0 Å². The molecule has 1 saturated heterocycles. The van der Waals surface area contributed by atoms with Crippen LogP contribution in [0.4, 0.5) is 5.69 Å². The summed E-state index contributed by atoms with van der Waals surface area (Å²) >= 11 is 3.56. The Kier molecular flexibility index (Phi) is 5.36. The van der Waals surface area contributed by atoms with E-state index in [9.17, 15) is 9.59 Å². The Labute approximate surface area is 133 Å². The first-order chi connectivity index (χ1) is 10.1. The van der Waals surface area contributed by atoms with Crippen LogP contribution in [0.5, 0.6) is 0 Å². The van der Waals surface area contributed by atoms with Crippen molar-refractivity contribution in [2.75, 3.05) is 18.0 Å². The molecule has 0 aromatic heterocycles. The lowest BCUT2D eigenvalue weighted by molar-refractivity contribution is -0.132. The first-order valence-electron chi connectivity index (χ1n) is 7.16. The minimum atomic E-state index is -0.307. The number of hydrogen-bond acceptors (Lipinski definition) is 4. The lowest BCUT2D eigenvalue weighted by Crippen LogP contribution is -2.58. The van der Waals surface area contributed by atoms with E-state index in [4.69, 9.17) is 0 Å². The van der Waals surface area contributed by atoms with Crippen LogP contribution >= 0.6 is 15.9 Å². The summed E-state index contributed by atoms with van der Waals surface area (Å²) in [5, 5.41) is 5.67. The summed E-state index contributed by atoms with van der Waals surface area (Å²) in [6.07, 6.45) is 0.657. The second-order valence-corrected chi connectivity index (χ2v) is 5.88. The van der Waals surface area contributed by atoms with Crippen molar-refractivity contribution in [3.8, 4) is 0 Å². The van der Waals surface area contributed by atoms with Crippen LogP contribution in [0.2, 0.25) is 0 Å². The molecule has 0 spiro atoms. The van der Waals surface area contributed by atoms with E-state index in [1.165, 1.54) is 0 Å². The van der Waals surface area contributed by atoms with E-state index in [2.05, 4.69) is 33.5 Å². The second-order valence-electron chi connectivity index (χ2n) is 5.03. The van der Waals surface area contributed by atoms with E-state index in [1.54, 1.807) is 0 Å². The van der Waals surface area contributed by atoms with Crippen molar-refractivity contribution in [2.45, 2.75) is 32.9 Å². The van der Waals surface area contributed by atoms with Crippen molar-refractivity contribution in [1.29, 1.82) is 0 Å². The van der Waals surface area contributed by atoms with Gasteiger partial charge in [-0.25, -0.2) is 0 Å². The summed E-state index contributed by atoms with van der Waals surface area (Å²) in [5.74, 6) is -0.481. The normalized spacial score (nSPS) is 18.8. The van der Waals surface area contributed by atoms with Gasteiger partial charge in [0.1, 0.15) is 6.04 Å². The van der Waals surface area contributed by atoms with Crippen LogP contribution < -0.4 is 15.5 Å². The average Bonchev–Trinajstić information content (AvgIpc) is 2.44. The maximum Gasteiger partial charge on any atom is 0.249 e. The second kappa shape index (κ2) is 7.04. The van der Waals surface area contributed by atoms with Gasteiger partial charge in [-0.3, -0.25) is 14.9 Å². The van der Waals surface area contributed by atoms with Gasteiger partial charge in [-0.05, 0) is 46.6 Å². The Morgan fingerprint density at radius 1 is 1.38 bits per heavy atom. The number of halogens is 1. The molecule has 1 aromatic carbocycles. The molecule has 1 aliphatic rings. The summed E-state index contributed by atoms with van der Waals surface area (Å²) in [7, 11) is 0. The third-order valence-electron chi connectivity index (χ3n) is 3.54. The Bertz CT molecular complexity index is 548. The monoisotopic (exact) mass is 353 g/mol. The summed E-state index contributed by atoms with van der Waals surface area (Å²) < 4.78 is 0.902. The van der Waals surface area contributed by atoms with Gasteiger partial charge < -0.3 is 10.2 Å². The summed E-state index contributed by atoms with van der Waals surface area (Å²) in [4.78, 5) is 25.4. The van der Waals surface area contributed by atoms with Crippen LogP contribution in [0.25, 0.3) is 0 Å². The Balaban J connectivity index is 2.26. The summed E-state index contributed by atoms with van der Waals surface area (Å²) in [5.41, 5.74) is 2.04. The number of rotatable bonds is 5. The molecular formula is C15H20BrN3O2. The van der Waals surface area contributed by atoms with Gasteiger partial charge in [-0.15, -0.1) is 0 Å². The number of carbonyl (C=O) groups is 2. The third-order valence-corrected chi connectivity index (χ3v) is 4.18. The molecule has 5 nitrogen and oxygen atoms in total. The number of anilines is 1. The van der Waals surface area contributed by atoms with Crippen LogP contribution in [-0.2, 0) is 16.1 Å². The van der Waals surface area contributed by atoms with Crippen molar-refractivity contribution in [3.05, 3.63) is 28.2 Å². The molecule has 0 bridgehead atoms. The highest BCUT2D eigenvalue weighted by Gasteiger charge is 2.33. The third kappa shape index (κ3) is 3.63. The molecule has 2 N–H and O–H groups in total. The predicted octanol–water partition coefficient (Wildman–Crippen LogP) is 1.80. The first kappa shape index (κ1) is 16.0. The fourth-order valence-corrected chi connectivity index (χ4v) is 3.14. The molecule has 1 atom stereocenters. The Morgan fingerprint density at radius 2 is 2.14 bits per heavy atom. The quantitative estimate of drug-likeness (QED) is 0.792. The molecule has 1 aliphatic heterocycles. The molecule has 21 heavy (non-hydrogen) atoms. The van der Waals surface area contributed by atoms with Crippen molar-refractivity contribution < 1.29 is 9.59 Å². The fraction of sp³-hybridized carbons (Fsp3) is 0.467. The summed E-state index contributed by atoms with van der Waals surface area (Å²) in [6.45, 7) is 5.92. The molecule has 0 aliphatic carbocycles. The number of nitrogens with zero attached hydrogens (tertiary/aromatic N) is 1. The van der Waals surface area contributed by atoms with Crippen molar-refractivity contribution in [2.24, 2.45) is 0 Å². The largest absolute Gasteiger partial charge is 0.349 e. The van der Waals surface area contributed by atoms with Gasteiger partial charge in [0.25, 0.3) is 0 Å². The van der Waals surface area contributed by atoms with Crippen LogP contribution in [0.3, 0.4) is 0 Å². The number of benzene rings is 1. The molecule has 1 unspecified atom stereocenters. The minimum absolute atomic E-state index is 0.204. The molecule has 0 saturated carbocycles. The van der Waals surface area contributed by atoms with Crippen LogP contribution in [0.1, 0.15) is 25.8 Å². The van der Waals surface area contributed by atoms with E-state index in [0.29, 0.717) is 6.42 Å². The first-order valence-corrected chi connectivity index (χ1v) is 7.95. The van der Waals surface area contributed by atoms with Crippen molar-refractivity contribution in [1.82, 2.24) is 10.6 Å². The molecule has 6 heteroatoms. The average molecular weight is 354 g/mol. The molecule has 2 rings (SSSR count). The highest BCUT2D eigenvalue weighted by atomic mass is 79.9. The highest BCUT2D eigenvalue weighted by Crippen LogP contribution is 2.30. The van der Waals surface area contributed by atoms with Gasteiger partial charge in [0.15, 0.2) is 0 Å². The molecule has 0 radical (unpaired) electrons. The van der Waals surface area contributed by atoms with Crippen molar-refractivity contribution in [3.63, 3.8) is 0 Å². The standard InChI is InChI=1S/C15H20BrN3O2/c1-3-12-15(21)18-14(20)9-19(12)13-6-5-10(7-11(13)16)8-17-4-2/h5-7,12,17H,3-4,8-9H2,1-2H3,(H,18,20,21). The number of hydrogen-bond donors (Lipinski definition) is 2. The van der Waals surface area contributed by atoms with Crippen molar-refractivity contribution >= 4 is 33.4 Å². The zero-order chi connectivity index (χ0) is 15.4. The predicted molar refractivity (Wildman–Crippen MR) is 86.1 cm³/mol. The SMILES string of the molecule is CCNCc1ccc(N2CC(=O)NC(=O)C2CC)c(Br)c1. The molecule has 1 aromatic rings. The van der Waals surface area contributed by atoms with Crippen LogP contribution in [0, 0.1) is 0 Å². The number of imide groups is 1. The van der Waals surface area contributed by atoms with E-state index in [1.807, 2.05) is 30.0 Å². The van der Waals surface area contributed by atoms with E-state index in [-0.39, 0.29) is 24.4 Å². The number of piperazine rings is 1. The van der Waals surface area contributed by atoms with Gasteiger partial charge >= 0.3 is 0 Å². The Morgan fingerprint density at radius 3 is 2.76 bits per heavy atom. The molecule has 1 fully saturated rings. The zero-order valence-electron chi connectivity index (χ0n) is 12.3. The number of amides is 2. The van der Waals surface area contributed by atoms with Crippen LogP contribution in [0.15, 0.2) is 22.7 Å².